The molecule has 0 atom stereocenters. The Kier molecular flexibility index (Phi) is 4.20. The number of rotatable bonds is 4. The zero-order chi connectivity index (χ0) is 15.6. The van der Waals surface area contributed by atoms with E-state index in [2.05, 4.69) is 37.5 Å². The molecule has 0 spiro atoms. The minimum Gasteiger partial charge on any atom is -0.472 e. The van der Waals surface area contributed by atoms with Gasteiger partial charge in [0.25, 0.3) is 0 Å². The van der Waals surface area contributed by atoms with E-state index in [0.717, 1.165) is 45.8 Å². The van der Waals surface area contributed by atoms with Crippen molar-refractivity contribution in [1.29, 1.82) is 0 Å². The zero-order valence-electron chi connectivity index (χ0n) is 13.8. The molecule has 23 heavy (non-hydrogen) atoms. The summed E-state index contributed by atoms with van der Waals surface area (Å²) >= 11 is 0. The van der Waals surface area contributed by atoms with Gasteiger partial charge in [0.05, 0.1) is 24.8 Å². The van der Waals surface area contributed by atoms with Crippen LogP contribution in [0, 0.1) is 0 Å². The van der Waals surface area contributed by atoms with Gasteiger partial charge in [-0.15, -0.1) is 0 Å². The highest BCUT2D eigenvalue weighted by Gasteiger charge is 2.22. The Balaban J connectivity index is 1.38. The van der Waals surface area contributed by atoms with E-state index in [1.807, 2.05) is 12.3 Å². The highest BCUT2D eigenvalue weighted by Crippen LogP contribution is 2.18. The molecule has 124 valence electrons. The molecule has 0 saturated carbocycles. The molecule has 6 heteroatoms. The van der Waals surface area contributed by atoms with Crippen molar-refractivity contribution in [3.8, 4) is 0 Å². The summed E-state index contributed by atoms with van der Waals surface area (Å²) in [7, 11) is 2.20. The number of hydrogen-bond acceptors (Lipinski definition) is 5. The van der Waals surface area contributed by atoms with Crippen molar-refractivity contribution >= 4 is 0 Å². The van der Waals surface area contributed by atoms with Gasteiger partial charge in [0, 0.05) is 64.1 Å². The van der Waals surface area contributed by atoms with Crippen LogP contribution in [0.25, 0.3) is 0 Å². The second-order valence-electron chi connectivity index (χ2n) is 6.74. The van der Waals surface area contributed by atoms with Gasteiger partial charge in [-0.2, -0.15) is 0 Å². The molecule has 0 N–H and O–H groups in total. The molecule has 1 fully saturated rings. The number of nitrogens with zero attached hydrogens (tertiary/aromatic N) is 5. The Morgan fingerprint density at radius 2 is 1.87 bits per heavy atom. The molecule has 4 rings (SSSR count). The maximum Gasteiger partial charge on any atom is 0.123 e. The average molecular weight is 315 g/mol. The maximum absolute atomic E-state index is 5.17. The van der Waals surface area contributed by atoms with E-state index in [0.29, 0.717) is 0 Å². The lowest BCUT2D eigenvalue weighted by Crippen LogP contribution is -2.44. The van der Waals surface area contributed by atoms with Crippen molar-refractivity contribution in [3.63, 3.8) is 0 Å². The van der Waals surface area contributed by atoms with E-state index < -0.39 is 0 Å². The summed E-state index contributed by atoms with van der Waals surface area (Å²) < 4.78 is 7.59. The van der Waals surface area contributed by atoms with Gasteiger partial charge < -0.3 is 13.9 Å². The second-order valence-corrected chi connectivity index (χ2v) is 6.74. The van der Waals surface area contributed by atoms with Crippen LogP contribution in [0.4, 0.5) is 0 Å². The molecule has 6 nitrogen and oxygen atoms in total. The lowest BCUT2D eigenvalue weighted by Gasteiger charge is -2.33. The van der Waals surface area contributed by atoms with Crippen molar-refractivity contribution in [2.75, 3.05) is 39.8 Å². The molecular weight excluding hydrogens is 290 g/mol. The van der Waals surface area contributed by atoms with Gasteiger partial charge >= 0.3 is 0 Å². The van der Waals surface area contributed by atoms with Crippen LogP contribution < -0.4 is 0 Å². The average Bonchev–Trinajstić information content (AvgIpc) is 3.20. The number of likely N-dealkylation sites (N-methyl/N-ethyl adjacent to an activating group) is 1. The first-order chi connectivity index (χ1) is 11.3. The molecule has 2 aliphatic rings. The summed E-state index contributed by atoms with van der Waals surface area (Å²) in [6, 6.07) is 2.04. The van der Waals surface area contributed by atoms with E-state index >= 15 is 0 Å². The van der Waals surface area contributed by atoms with Gasteiger partial charge in [0.1, 0.15) is 5.82 Å². The molecule has 0 amide bonds. The lowest BCUT2D eigenvalue weighted by atomic mass is 10.2. The smallest absolute Gasteiger partial charge is 0.123 e. The quantitative estimate of drug-likeness (QED) is 0.849. The first-order valence-electron chi connectivity index (χ1n) is 8.45. The Bertz CT molecular complexity index is 627. The number of fused-ring (bicyclic) bond motifs is 1. The summed E-state index contributed by atoms with van der Waals surface area (Å²) in [5, 5.41) is 0. The van der Waals surface area contributed by atoms with Crippen molar-refractivity contribution in [2.24, 2.45) is 0 Å². The topological polar surface area (TPSA) is 40.7 Å². The predicted molar refractivity (Wildman–Crippen MR) is 87.8 cm³/mol. The van der Waals surface area contributed by atoms with Gasteiger partial charge in [-0.05, 0) is 13.1 Å². The van der Waals surface area contributed by atoms with Gasteiger partial charge in [0.15, 0.2) is 0 Å². The van der Waals surface area contributed by atoms with Crippen LogP contribution in [0.3, 0.4) is 0 Å². The Hall–Kier alpha value is -1.63. The molecule has 0 aromatic carbocycles. The molecule has 2 aromatic heterocycles. The van der Waals surface area contributed by atoms with Crippen LogP contribution in [0.2, 0.25) is 0 Å². The van der Waals surface area contributed by atoms with E-state index in [-0.39, 0.29) is 0 Å². The SMILES string of the molecule is CN1CCN(Cc2cnc3n2CCN(Cc2ccoc2)C3)CC1. The molecule has 0 aliphatic carbocycles. The minimum atomic E-state index is 0.925. The number of hydrogen-bond donors (Lipinski definition) is 0. The lowest BCUT2D eigenvalue weighted by molar-refractivity contribution is 0.143. The third-order valence-corrected chi connectivity index (χ3v) is 4.99. The van der Waals surface area contributed by atoms with E-state index in [1.54, 1.807) is 6.26 Å². The maximum atomic E-state index is 5.17. The normalized spacial score (nSPS) is 20.7. The highest BCUT2D eigenvalue weighted by molar-refractivity contribution is 5.10. The minimum absolute atomic E-state index is 0.925. The molecule has 2 aliphatic heterocycles. The third-order valence-electron chi connectivity index (χ3n) is 4.99. The van der Waals surface area contributed by atoms with Crippen LogP contribution in [0.15, 0.2) is 29.2 Å². The van der Waals surface area contributed by atoms with E-state index in [9.17, 15) is 0 Å². The number of aromatic nitrogens is 2. The number of imidazole rings is 1. The second kappa shape index (κ2) is 6.47. The molecule has 0 radical (unpaired) electrons. The van der Waals surface area contributed by atoms with Crippen LogP contribution in [-0.4, -0.2) is 64.0 Å². The van der Waals surface area contributed by atoms with Gasteiger partial charge in [-0.3, -0.25) is 9.80 Å². The Morgan fingerprint density at radius 1 is 1.04 bits per heavy atom. The molecule has 2 aromatic rings. The van der Waals surface area contributed by atoms with Crippen LogP contribution in [0.5, 0.6) is 0 Å². The van der Waals surface area contributed by atoms with Gasteiger partial charge in [-0.1, -0.05) is 0 Å². The Labute approximate surface area is 137 Å². The van der Waals surface area contributed by atoms with E-state index in [4.69, 9.17) is 4.42 Å². The van der Waals surface area contributed by atoms with Crippen molar-refractivity contribution < 1.29 is 4.42 Å². The number of piperazine rings is 1. The van der Waals surface area contributed by atoms with Crippen molar-refractivity contribution in [2.45, 2.75) is 26.2 Å². The van der Waals surface area contributed by atoms with E-state index in [1.165, 1.54) is 30.2 Å². The summed E-state index contributed by atoms with van der Waals surface area (Å²) in [6.45, 7) is 9.65. The molecule has 4 heterocycles. The predicted octanol–water partition coefficient (Wildman–Crippen LogP) is 1.24. The van der Waals surface area contributed by atoms with Crippen LogP contribution >= 0.6 is 0 Å². The monoisotopic (exact) mass is 315 g/mol. The van der Waals surface area contributed by atoms with Crippen molar-refractivity contribution in [3.05, 3.63) is 41.9 Å². The van der Waals surface area contributed by atoms with Gasteiger partial charge in [-0.25, -0.2) is 4.98 Å². The summed E-state index contributed by atoms with van der Waals surface area (Å²) in [6.07, 6.45) is 5.66. The summed E-state index contributed by atoms with van der Waals surface area (Å²) in [5.41, 5.74) is 2.61. The summed E-state index contributed by atoms with van der Waals surface area (Å²) in [4.78, 5) is 12.1. The standard InChI is InChI=1S/C17H25N5O/c1-19-3-5-20(6-4-19)12-16-10-18-17-13-21(7-8-22(16)17)11-15-2-9-23-14-15/h2,9-10,14H,3-8,11-13H2,1H3. The van der Waals surface area contributed by atoms with Crippen LogP contribution in [-0.2, 0) is 26.2 Å². The first kappa shape index (κ1) is 14.9. The fraction of sp³-hybridized carbons (Fsp3) is 0.588. The Morgan fingerprint density at radius 3 is 2.65 bits per heavy atom. The molecular formula is C17H25N5O. The summed E-state index contributed by atoms with van der Waals surface area (Å²) in [5.74, 6) is 1.20. The first-order valence-corrected chi connectivity index (χ1v) is 8.45. The molecule has 1 saturated heterocycles. The van der Waals surface area contributed by atoms with Gasteiger partial charge in [0.2, 0.25) is 0 Å². The fourth-order valence-electron chi connectivity index (χ4n) is 3.51. The van der Waals surface area contributed by atoms with Crippen molar-refractivity contribution in [1.82, 2.24) is 24.3 Å². The third kappa shape index (κ3) is 3.34. The molecule has 0 bridgehead atoms. The van der Waals surface area contributed by atoms with Crippen LogP contribution in [0.1, 0.15) is 17.1 Å². The molecule has 0 unspecified atom stereocenters. The highest BCUT2D eigenvalue weighted by atomic mass is 16.3. The fourth-order valence-corrected chi connectivity index (χ4v) is 3.51. The number of furan rings is 1. The largest absolute Gasteiger partial charge is 0.472 e. The zero-order valence-corrected chi connectivity index (χ0v) is 13.8.